The third kappa shape index (κ3) is 4.09. The fourth-order valence-corrected chi connectivity index (χ4v) is 3.11. The van der Waals surface area contributed by atoms with Gasteiger partial charge in [0.1, 0.15) is 5.75 Å². The quantitative estimate of drug-likeness (QED) is 0.908. The van der Waals surface area contributed by atoms with Crippen LogP contribution in [0.2, 0.25) is 0 Å². The summed E-state index contributed by atoms with van der Waals surface area (Å²) in [5.41, 5.74) is 7.01. The van der Waals surface area contributed by atoms with E-state index < -0.39 is 0 Å². The molecule has 0 spiro atoms. The van der Waals surface area contributed by atoms with Gasteiger partial charge in [-0.1, -0.05) is 15.9 Å². The van der Waals surface area contributed by atoms with Gasteiger partial charge >= 0.3 is 0 Å². The third-order valence-electron chi connectivity index (χ3n) is 3.74. The van der Waals surface area contributed by atoms with Crippen LogP contribution in [0.25, 0.3) is 0 Å². The molecule has 0 aliphatic carbocycles. The van der Waals surface area contributed by atoms with Crippen LogP contribution in [0.4, 0.5) is 0 Å². The van der Waals surface area contributed by atoms with Crippen molar-refractivity contribution in [3.63, 3.8) is 0 Å². The minimum atomic E-state index is 0. The Morgan fingerprint density at radius 3 is 2.79 bits per heavy atom. The molecule has 2 unspecified atom stereocenters. The SMILES string of the molecule is COc1ccc(Br)cc1CN1CC(CN)CC1C.Cl. The Hall–Kier alpha value is -0.290. The van der Waals surface area contributed by atoms with Crippen LogP contribution in [0.3, 0.4) is 0 Å². The van der Waals surface area contributed by atoms with Crippen LogP contribution in [0.5, 0.6) is 5.75 Å². The van der Waals surface area contributed by atoms with Gasteiger partial charge in [0.2, 0.25) is 0 Å². The summed E-state index contributed by atoms with van der Waals surface area (Å²) in [4.78, 5) is 2.49. The molecule has 1 fully saturated rings. The molecule has 0 amide bonds. The largest absolute Gasteiger partial charge is 0.496 e. The predicted molar refractivity (Wildman–Crippen MR) is 85.0 cm³/mol. The molecule has 2 rings (SSSR count). The molecule has 1 aliphatic rings. The van der Waals surface area contributed by atoms with Crippen LogP contribution in [-0.4, -0.2) is 31.1 Å². The lowest BCUT2D eigenvalue weighted by atomic mass is 10.1. The van der Waals surface area contributed by atoms with Crippen LogP contribution in [0, 0.1) is 5.92 Å². The lowest BCUT2D eigenvalue weighted by Crippen LogP contribution is -2.27. The van der Waals surface area contributed by atoms with Crippen LogP contribution in [0.15, 0.2) is 22.7 Å². The van der Waals surface area contributed by atoms with Crippen molar-refractivity contribution in [2.45, 2.75) is 25.9 Å². The van der Waals surface area contributed by atoms with Crippen molar-refractivity contribution < 1.29 is 4.74 Å². The second-order valence-corrected chi connectivity index (χ2v) is 5.99. The van der Waals surface area contributed by atoms with E-state index in [1.54, 1.807) is 7.11 Å². The van der Waals surface area contributed by atoms with Crippen LogP contribution < -0.4 is 10.5 Å². The zero-order valence-corrected chi connectivity index (χ0v) is 13.8. The van der Waals surface area contributed by atoms with E-state index in [2.05, 4.69) is 33.8 Å². The van der Waals surface area contributed by atoms with Gasteiger partial charge in [-0.2, -0.15) is 0 Å². The van der Waals surface area contributed by atoms with Crippen molar-refractivity contribution >= 4 is 28.3 Å². The van der Waals surface area contributed by atoms with Crippen molar-refractivity contribution in [1.82, 2.24) is 4.90 Å². The maximum Gasteiger partial charge on any atom is 0.123 e. The van der Waals surface area contributed by atoms with Crippen LogP contribution >= 0.6 is 28.3 Å². The third-order valence-corrected chi connectivity index (χ3v) is 4.23. The number of hydrogen-bond donors (Lipinski definition) is 1. The summed E-state index contributed by atoms with van der Waals surface area (Å²) in [6, 6.07) is 6.77. The maximum atomic E-state index is 5.77. The van der Waals surface area contributed by atoms with Crippen molar-refractivity contribution in [1.29, 1.82) is 0 Å². The topological polar surface area (TPSA) is 38.5 Å². The first kappa shape index (κ1) is 16.8. The number of rotatable bonds is 4. The Kier molecular flexibility index (Phi) is 6.60. The Labute approximate surface area is 130 Å². The molecule has 1 aromatic carbocycles. The number of hydrogen-bond acceptors (Lipinski definition) is 3. The van der Waals surface area contributed by atoms with Gasteiger partial charge in [0.25, 0.3) is 0 Å². The summed E-state index contributed by atoms with van der Waals surface area (Å²) < 4.78 is 6.52. The number of methoxy groups -OCH3 is 1. The minimum absolute atomic E-state index is 0. The Morgan fingerprint density at radius 2 is 2.21 bits per heavy atom. The van der Waals surface area contributed by atoms with E-state index in [0.29, 0.717) is 12.0 Å². The highest BCUT2D eigenvalue weighted by atomic mass is 79.9. The molecule has 2 atom stereocenters. The molecular formula is C14H22BrClN2O. The highest BCUT2D eigenvalue weighted by Crippen LogP contribution is 2.29. The first-order chi connectivity index (χ1) is 8.63. The summed E-state index contributed by atoms with van der Waals surface area (Å²) in [5, 5.41) is 0. The Balaban J connectivity index is 0.00000180. The average Bonchev–Trinajstić information content (AvgIpc) is 2.71. The normalized spacial score (nSPS) is 23.2. The highest BCUT2D eigenvalue weighted by Gasteiger charge is 2.28. The molecule has 2 N–H and O–H groups in total. The van der Waals surface area contributed by atoms with Gasteiger partial charge in [-0.15, -0.1) is 12.4 Å². The Bertz CT molecular complexity index is 416. The second-order valence-electron chi connectivity index (χ2n) is 5.07. The number of benzene rings is 1. The highest BCUT2D eigenvalue weighted by molar-refractivity contribution is 9.10. The smallest absolute Gasteiger partial charge is 0.123 e. The van der Waals surface area contributed by atoms with E-state index >= 15 is 0 Å². The molecule has 3 nitrogen and oxygen atoms in total. The lowest BCUT2D eigenvalue weighted by molar-refractivity contribution is 0.251. The van der Waals surface area contributed by atoms with E-state index in [0.717, 1.165) is 29.9 Å². The summed E-state index contributed by atoms with van der Waals surface area (Å²) in [6.07, 6.45) is 1.20. The lowest BCUT2D eigenvalue weighted by Gasteiger charge is -2.22. The van der Waals surface area contributed by atoms with Crippen LogP contribution in [-0.2, 0) is 6.54 Å². The van der Waals surface area contributed by atoms with Gasteiger partial charge in [-0.3, -0.25) is 4.90 Å². The molecule has 1 saturated heterocycles. The van der Waals surface area contributed by atoms with Crippen molar-refractivity contribution in [3.8, 4) is 5.75 Å². The first-order valence-electron chi connectivity index (χ1n) is 6.40. The zero-order chi connectivity index (χ0) is 13.1. The van der Waals surface area contributed by atoms with Crippen molar-refractivity contribution in [2.75, 3.05) is 20.2 Å². The van der Waals surface area contributed by atoms with Gasteiger partial charge in [-0.25, -0.2) is 0 Å². The van der Waals surface area contributed by atoms with Gasteiger partial charge in [0, 0.05) is 29.2 Å². The molecule has 0 aromatic heterocycles. The maximum absolute atomic E-state index is 5.77. The van der Waals surface area contributed by atoms with E-state index in [1.165, 1.54) is 12.0 Å². The minimum Gasteiger partial charge on any atom is -0.496 e. The van der Waals surface area contributed by atoms with E-state index in [9.17, 15) is 0 Å². The predicted octanol–water partition coefficient (Wildman–Crippen LogP) is 3.05. The van der Waals surface area contributed by atoms with Crippen LogP contribution in [0.1, 0.15) is 18.9 Å². The number of ether oxygens (including phenoxy) is 1. The van der Waals surface area contributed by atoms with E-state index in [-0.39, 0.29) is 12.4 Å². The number of nitrogens with two attached hydrogens (primary N) is 1. The van der Waals surface area contributed by atoms with Gasteiger partial charge < -0.3 is 10.5 Å². The average molecular weight is 350 g/mol. The fourth-order valence-electron chi connectivity index (χ4n) is 2.70. The molecule has 0 saturated carbocycles. The molecule has 1 heterocycles. The molecule has 5 heteroatoms. The molecule has 1 aliphatic heterocycles. The summed E-state index contributed by atoms with van der Waals surface area (Å²) in [7, 11) is 1.73. The molecule has 1 aromatic rings. The Morgan fingerprint density at radius 1 is 1.47 bits per heavy atom. The number of halogens is 2. The monoisotopic (exact) mass is 348 g/mol. The van der Waals surface area contributed by atoms with E-state index in [1.807, 2.05) is 12.1 Å². The number of nitrogens with zero attached hydrogens (tertiary/aromatic N) is 1. The molecule has 0 bridgehead atoms. The fraction of sp³-hybridized carbons (Fsp3) is 0.571. The molecule has 19 heavy (non-hydrogen) atoms. The molecule has 108 valence electrons. The zero-order valence-electron chi connectivity index (χ0n) is 11.4. The molecular weight excluding hydrogens is 328 g/mol. The van der Waals surface area contributed by atoms with E-state index in [4.69, 9.17) is 10.5 Å². The number of likely N-dealkylation sites (tertiary alicyclic amines) is 1. The van der Waals surface area contributed by atoms with Crippen molar-refractivity contribution in [3.05, 3.63) is 28.2 Å². The summed E-state index contributed by atoms with van der Waals surface area (Å²) in [5.74, 6) is 1.60. The van der Waals surface area contributed by atoms with Gasteiger partial charge in [-0.05, 0) is 44.0 Å². The standard InChI is InChI=1S/C14H21BrN2O.ClH/c1-10-5-11(7-16)8-17(10)9-12-6-13(15)3-4-14(12)18-2;/h3-4,6,10-11H,5,7-9,16H2,1-2H3;1H. The van der Waals surface area contributed by atoms with Crippen molar-refractivity contribution in [2.24, 2.45) is 11.7 Å². The van der Waals surface area contributed by atoms with Gasteiger partial charge in [0.15, 0.2) is 0 Å². The summed E-state index contributed by atoms with van der Waals surface area (Å²) >= 11 is 3.52. The first-order valence-corrected chi connectivity index (χ1v) is 7.20. The molecule has 0 radical (unpaired) electrons. The second kappa shape index (κ2) is 7.48. The van der Waals surface area contributed by atoms with Gasteiger partial charge in [0.05, 0.1) is 7.11 Å². The summed E-state index contributed by atoms with van der Waals surface area (Å²) in [6.45, 7) is 5.09.